The number of hydrogen-bond acceptors (Lipinski definition) is 4. The Balaban J connectivity index is 2.19. The van der Waals surface area contributed by atoms with Gasteiger partial charge < -0.3 is 21.3 Å². The van der Waals surface area contributed by atoms with Gasteiger partial charge >= 0.3 is 5.97 Å². The van der Waals surface area contributed by atoms with Crippen LogP contribution in [0.25, 0.3) is 0 Å². The summed E-state index contributed by atoms with van der Waals surface area (Å²) in [5, 5.41) is 22.2. The summed E-state index contributed by atoms with van der Waals surface area (Å²) in [6, 6.07) is 4.30. The molecule has 1 aromatic rings. The molecule has 0 aliphatic heterocycles. The van der Waals surface area contributed by atoms with Gasteiger partial charge in [0.2, 0.25) is 0 Å². The van der Waals surface area contributed by atoms with E-state index in [4.69, 9.17) is 10.8 Å². The first kappa shape index (κ1) is 15.3. The smallest absolute Gasteiger partial charge is 0.335 e. The molecule has 114 valence electrons. The second kappa shape index (κ2) is 5.73. The lowest BCUT2D eigenvalue weighted by molar-refractivity contribution is 0.0196. The summed E-state index contributed by atoms with van der Waals surface area (Å²) in [6.45, 7) is 1.81. The average molecular weight is 292 g/mol. The molecule has 0 radical (unpaired) electrons. The largest absolute Gasteiger partial charge is 0.478 e. The quantitative estimate of drug-likeness (QED) is 0.673. The fourth-order valence-corrected chi connectivity index (χ4v) is 2.62. The Bertz CT molecular complexity index is 559. The molecule has 1 aliphatic carbocycles. The number of rotatable bonds is 4. The number of anilines is 1. The van der Waals surface area contributed by atoms with Gasteiger partial charge in [0, 0.05) is 11.7 Å². The molecule has 0 saturated heterocycles. The van der Waals surface area contributed by atoms with Crippen LogP contribution in [0.15, 0.2) is 18.2 Å². The first-order valence-electron chi connectivity index (χ1n) is 6.94. The number of primary amides is 1. The van der Waals surface area contributed by atoms with Crippen molar-refractivity contribution in [2.75, 3.05) is 5.32 Å². The van der Waals surface area contributed by atoms with Crippen LogP contribution in [0.5, 0.6) is 0 Å². The van der Waals surface area contributed by atoms with Gasteiger partial charge in [0.25, 0.3) is 5.91 Å². The summed E-state index contributed by atoms with van der Waals surface area (Å²) in [6.07, 6.45) is 2.83. The summed E-state index contributed by atoms with van der Waals surface area (Å²) in [5.41, 5.74) is 5.49. The normalized spacial score (nSPS) is 25.3. The molecule has 0 heterocycles. The Morgan fingerprint density at radius 1 is 1.33 bits per heavy atom. The lowest BCUT2D eigenvalue weighted by atomic mass is 9.83. The number of benzene rings is 1. The molecule has 6 nitrogen and oxygen atoms in total. The van der Waals surface area contributed by atoms with Gasteiger partial charge in [-0.05, 0) is 50.8 Å². The van der Waals surface area contributed by atoms with Crippen LogP contribution in [-0.2, 0) is 0 Å². The zero-order valence-corrected chi connectivity index (χ0v) is 11.9. The molecule has 1 amide bonds. The predicted molar refractivity (Wildman–Crippen MR) is 78.4 cm³/mol. The second-order valence-electron chi connectivity index (χ2n) is 5.85. The molecule has 5 N–H and O–H groups in total. The van der Waals surface area contributed by atoms with Crippen molar-refractivity contribution < 1.29 is 19.8 Å². The van der Waals surface area contributed by atoms with Crippen molar-refractivity contribution in [1.82, 2.24) is 0 Å². The maximum Gasteiger partial charge on any atom is 0.335 e. The summed E-state index contributed by atoms with van der Waals surface area (Å²) in [4.78, 5) is 22.5. The van der Waals surface area contributed by atoms with Crippen LogP contribution in [-0.4, -0.2) is 33.7 Å². The lowest BCUT2D eigenvalue weighted by Gasteiger charge is -2.34. The van der Waals surface area contributed by atoms with E-state index in [-0.39, 0.29) is 17.2 Å². The molecule has 0 bridgehead atoms. The number of carbonyl (C=O) groups is 2. The Morgan fingerprint density at radius 3 is 2.48 bits per heavy atom. The fourth-order valence-electron chi connectivity index (χ4n) is 2.62. The lowest BCUT2D eigenvalue weighted by Crippen LogP contribution is -2.36. The number of carboxylic acid groups (broad SMARTS) is 1. The highest BCUT2D eigenvalue weighted by atomic mass is 16.4. The number of aromatic carboxylic acids is 1. The number of nitrogens with two attached hydrogens (primary N) is 1. The van der Waals surface area contributed by atoms with Crippen molar-refractivity contribution in [1.29, 1.82) is 0 Å². The number of aliphatic hydroxyl groups is 1. The molecular formula is C15H20N2O4. The standard InChI is InChI=1S/C15H20N2O4/c1-15(21)6-4-10(5-7-15)17-12-8-9(14(19)20)2-3-11(12)13(16)18/h2-3,8,10,17,21H,4-7H2,1H3,(H2,16,18)(H,19,20). The average Bonchev–Trinajstić information content (AvgIpc) is 2.40. The maximum absolute atomic E-state index is 11.4. The van der Waals surface area contributed by atoms with Crippen molar-refractivity contribution in [2.45, 2.75) is 44.2 Å². The summed E-state index contributed by atoms with van der Waals surface area (Å²) >= 11 is 0. The zero-order chi connectivity index (χ0) is 15.6. The molecule has 2 rings (SSSR count). The van der Waals surface area contributed by atoms with E-state index in [1.165, 1.54) is 18.2 Å². The number of hydrogen-bond donors (Lipinski definition) is 4. The van der Waals surface area contributed by atoms with Crippen molar-refractivity contribution in [3.63, 3.8) is 0 Å². The third kappa shape index (κ3) is 3.72. The van der Waals surface area contributed by atoms with E-state index in [1.54, 1.807) is 0 Å². The van der Waals surface area contributed by atoms with Gasteiger partial charge in [-0.15, -0.1) is 0 Å². The molecule has 1 aromatic carbocycles. The highest BCUT2D eigenvalue weighted by molar-refractivity contribution is 6.00. The number of amides is 1. The molecule has 1 saturated carbocycles. The van der Waals surface area contributed by atoms with Crippen molar-refractivity contribution in [2.24, 2.45) is 5.73 Å². The second-order valence-corrected chi connectivity index (χ2v) is 5.85. The third-order valence-electron chi connectivity index (χ3n) is 3.95. The van der Waals surface area contributed by atoms with Crippen LogP contribution in [0.2, 0.25) is 0 Å². The van der Waals surface area contributed by atoms with E-state index in [9.17, 15) is 14.7 Å². The van der Waals surface area contributed by atoms with Crippen LogP contribution in [0.1, 0.15) is 53.3 Å². The minimum Gasteiger partial charge on any atom is -0.478 e. The molecule has 1 fully saturated rings. The van der Waals surface area contributed by atoms with Crippen LogP contribution in [0, 0.1) is 0 Å². The Hall–Kier alpha value is -2.08. The fraction of sp³-hybridized carbons (Fsp3) is 0.467. The summed E-state index contributed by atoms with van der Waals surface area (Å²) in [5.74, 6) is -1.65. The molecule has 6 heteroatoms. The van der Waals surface area contributed by atoms with Crippen molar-refractivity contribution in [3.05, 3.63) is 29.3 Å². The molecule has 1 aliphatic rings. The number of nitrogens with one attached hydrogen (secondary N) is 1. The molecular weight excluding hydrogens is 272 g/mol. The maximum atomic E-state index is 11.4. The summed E-state index contributed by atoms with van der Waals surface area (Å²) in [7, 11) is 0. The van der Waals surface area contributed by atoms with Gasteiger partial charge in [0.15, 0.2) is 0 Å². The molecule has 21 heavy (non-hydrogen) atoms. The van der Waals surface area contributed by atoms with Gasteiger partial charge in [-0.25, -0.2) is 4.79 Å². The monoisotopic (exact) mass is 292 g/mol. The predicted octanol–water partition coefficient (Wildman–Crippen LogP) is 1.59. The highest BCUT2D eigenvalue weighted by Crippen LogP contribution is 2.30. The molecule has 0 aromatic heterocycles. The van der Waals surface area contributed by atoms with Gasteiger partial charge in [-0.2, -0.15) is 0 Å². The molecule has 0 atom stereocenters. The third-order valence-corrected chi connectivity index (χ3v) is 3.95. The molecule has 0 unspecified atom stereocenters. The van der Waals surface area contributed by atoms with Crippen LogP contribution in [0.3, 0.4) is 0 Å². The van der Waals surface area contributed by atoms with E-state index in [0.29, 0.717) is 18.5 Å². The minimum absolute atomic E-state index is 0.0902. The van der Waals surface area contributed by atoms with E-state index in [0.717, 1.165) is 12.8 Å². The van der Waals surface area contributed by atoms with Crippen LogP contribution >= 0.6 is 0 Å². The number of carboxylic acids is 1. The molecule has 0 spiro atoms. The van der Waals surface area contributed by atoms with Crippen LogP contribution in [0.4, 0.5) is 5.69 Å². The van der Waals surface area contributed by atoms with E-state index >= 15 is 0 Å². The minimum atomic E-state index is -1.05. The van der Waals surface area contributed by atoms with E-state index < -0.39 is 17.5 Å². The number of carbonyl (C=O) groups excluding carboxylic acids is 1. The van der Waals surface area contributed by atoms with Gasteiger partial charge in [0.05, 0.1) is 16.7 Å². The first-order valence-corrected chi connectivity index (χ1v) is 6.94. The van der Waals surface area contributed by atoms with Gasteiger partial charge in [-0.1, -0.05) is 0 Å². The highest BCUT2D eigenvalue weighted by Gasteiger charge is 2.29. The first-order chi connectivity index (χ1) is 9.78. The Kier molecular flexibility index (Phi) is 4.18. The van der Waals surface area contributed by atoms with E-state index in [1.807, 2.05) is 6.92 Å². The van der Waals surface area contributed by atoms with E-state index in [2.05, 4.69) is 5.32 Å². The van der Waals surface area contributed by atoms with Crippen LogP contribution < -0.4 is 11.1 Å². The Morgan fingerprint density at radius 2 is 1.95 bits per heavy atom. The van der Waals surface area contributed by atoms with Gasteiger partial charge in [0.1, 0.15) is 0 Å². The summed E-state index contributed by atoms with van der Waals surface area (Å²) < 4.78 is 0. The van der Waals surface area contributed by atoms with Crippen molar-refractivity contribution in [3.8, 4) is 0 Å². The Labute approximate surface area is 123 Å². The van der Waals surface area contributed by atoms with Crippen molar-refractivity contribution >= 4 is 17.6 Å². The zero-order valence-electron chi connectivity index (χ0n) is 11.9. The SMILES string of the molecule is CC1(O)CCC(Nc2cc(C(=O)O)ccc2C(N)=O)CC1. The topological polar surface area (TPSA) is 113 Å². The van der Waals surface area contributed by atoms with Gasteiger partial charge in [-0.3, -0.25) is 4.79 Å².